The van der Waals surface area contributed by atoms with E-state index in [1.54, 1.807) is 36.8 Å². The average molecular weight is 274 g/mol. The van der Waals surface area contributed by atoms with Crippen LogP contribution in [0.3, 0.4) is 0 Å². The molecule has 0 saturated heterocycles. The van der Waals surface area contributed by atoms with Crippen molar-refractivity contribution in [3.63, 3.8) is 0 Å². The molecule has 0 spiro atoms. The van der Waals surface area contributed by atoms with Crippen LogP contribution in [0.15, 0.2) is 61.1 Å². The lowest BCUT2D eigenvalue weighted by atomic mass is 10.0. The lowest BCUT2D eigenvalue weighted by molar-refractivity contribution is 0.104. The Bertz CT molecular complexity index is 823. The van der Waals surface area contributed by atoms with Crippen molar-refractivity contribution in [1.82, 2.24) is 9.97 Å². The summed E-state index contributed by atoms with van der Waals surface area (Å²) in [5, 5.41) is 1.08. The Labute approximate surface area is 123 Å². The van der Waals surface area contributed by atoms with Gasteiger partial charge in [-0.3, -0.25) is 14.8 Å². The number of hydrogen-bond acceptors (Lipinski definition) is 3. The van der Waals surface area contributed by atoms with E-state index in [9.17, 15) is 4.79 Å². The van der Waals surface area contributed by atoms with Crippen molar-refractivity contribution >= 4 is 22.8 Å². The third-order valence-corrected chi connectivity index (χ3v) is 3.31. The Morgan fingerprint density at radius 2 is 1.90 bits per heavy atom. The van der Waals surface area contributed by atoms with Gasteiger partial charge < -0.3 is 0 Å². The average Bonchev–Trinajstić information content (AvgIpc) is 2.53. The first kappa shape index (κ1) is 13.2. The summed E-state index contributed by atoms with van der Waals surface area (Å²) in [5.74, 6) is -0.0265. The number of fused-ring (bicyclic) bond motifs is 1. The molecule has 3 heteroatoms. The molecule has 3 nitrogen and oxygen atoms in total. The van der Waals surface area contributed by atoms with Crippen LogP contribution in [0.25, 0.3) is 17.0 Å². The van der Waals surface area contributed by atoms with Crippen molar-refractivity contribution in [3.8, 4) is 0 Å². The van der Waals surface area contributed by atoms with E-state index in [1.165, 1.54) is 0 Å². The third-order valence-electron chi connectivity index (χ3n) is 3.31. The van der Waals surface area contributed by atoms with Gasteiger partial charge in [-0.2, -0.15) is 0 Å². The standard InChI is InChI=1S/C18H14N2O/c1-13-11-14(12-16-3-2-8-20-18(13)16)4-5-17(21)15-6-9-19-10-7-15/h2-12H,1H3/b5-4+. The molecule has 2 aromatic heterocycles. The smallest absolute Gasteiger partial charge is 0.185 e. The van der Waals surface area contributed by atoms with Gasteiger partial charge in [-0.05, 0) is 54.5 Å². The maximum Gasteiger partial charge on any atom is 0.185 e. The fraction of sp³-hybridized carbons (Fsp3) is 0.0556. The van der Waals surface area contributed by atoms with Crippen LogP contribution in [-0.2, 0) is 0 Å². The van der Waals surface area contributed by atoms with E-state index in [-0.39, 0.29) is 5.78 Å². The molecular formula is C18H14N2O. The van der Waals surface area contributed by atoms with E-state index in [0.717, 1.165) is 22.0 Å². The molecule has 0 radical (unpaired) electrons. The molecule has 0 atom stereocenters. The number of nitrogens with zero attached hydrogens (tertiary/aromatic N) is 2. The van der Waals surface area contributed by atoms with Gasteiger partial charge in [0.1, 0.15) is 0 Å². The molecule has 0 N–H and O–H groups in total. The minimum absolute atomic E-state index is 0.0265. The van der Waals surface area contributed by atoms with Crippen LogP contribution < -0.4 is 0 Å². The Morgan fingerprint density at radius 1 is 1.10 bits per heavy atom. The predicted octanol–water partition coefficient (Wildman–Crippen LogP) is 3.83. The zero-order chi connectivity index (χ0) is 14.7. The Hall–Kier alpha value is -2.81. The quantitative estimate of drug-likeness (QED) is 0.538. The molecule has 21 heavy (non-hydrogen) atoms. The number of ketones is 1. The molecule has 102 valence electrons. The largest absolute Gasteiger partial charge is 0.289 e. The molecular weight excluding hydrogens is 260 g/mol. The fourth-order valence-electron chi connectivity index (χ4n) is 2.28. The first-order chi connectivity index (χ1) is 10.2. The van der Waals surface area contributed by atoms with E-state index >= 15 is 0 Å². The van der Waals surface area contributed by atoms with Crippen LogP contribution >= 0.6 is 0 Å². The molecule has 0 aliphatic heterocycles. The molecule has 0 aliphatic rings. The molecule has 0 fully saturated rings. The Kier molecular flexibility index (Phi) is 3.56. The van der Waals surface area contributed by atoms with Crippen molar-refractivity contribution < 1.29 is 4.79 Å². The second-order valence-corrected chi connectivity index (χ2v) is 4.85. The highest BCUT2D eigenvalue weighted by Gasteiger charge is 2.02. The molecule has 0 aliphatic carbocycles. The van der Waals surface area contributed by atoms with Gasteiger partial charge in [0.05, 0.1) is 5.52 Å². The van der Waals surface area contributed by atoms with Gasteiger partial charge in [0.15, 0.2) is 5.78 Å². The highest BCUT2D eigenvalue weighted by Crippen LogP contribution is 2.19. The summed E-state index contributed by atoms with van der Waals surface area (Å²) in [6.07, 6.45) is 8.45. The molecule has 3 aromatic rings. The zero-order valence-corrected chi connectivity index (χ0v) is 11.7. The highest BCUT2D eigenvalue weighted by molar-refractivity contribution is 6.06. The molecule has 0 unspecified atom stereocenters. The number of rotatable bonds is 3. The Morgan fingerprint density at radius 3 is 2.71 bits per heavy atom. The topological polar surface area (TPSA) is 42.9 Å². The number of benzene rings is 1. The summed E-state index contributed by atoms with van der Waals surface area (Å²) in [5.41, 5.74) is 3.73. The Balaban J connectivity index is 1.91. The second kappa shape index (κ2) is 5.67. The van der Waals surface area contributed by atoms with Crippen LogP contribution in [0.2, 0.25) is 0 Å². The maximum atomic E-state index is 12.0. The fourth-order valence-corrected chi connectivity index (χ4v) is 2.28. The van der Waals surface area contributed by atoms with Crippen LogP contribution in [0.5, 0.6) is 0 Å². The van der Waals surface area contributed by atoms with Crippen molar-refractivity contribution in [1.29, 1.82) is 0 Å². The first-order valence-corrected chi connectivity index (χ1v) is 6.72. The van der Waals surface area contributed by atoms with Crippen LogP contribution in [0, 0.1) is 6.92 Å². The number of aryl methyl sites for hydroxylation is 1. The van der Waals surface area contributed by atoms with E-state index in [4.69, 9.17) is 0 Å². The summed E-state index contributed by atoms with van der Waals surface area (Å²) < 4.78 is 0. The van der Waals surface area contributed by atoms with Gasteiger partial charge in [0, 0.05) is 29.5 Å². The maximum absolute atomic E-state index is 12.0. The van der Waals surface area contributed by atoms with Gasteiger partial charge in [0.2, 0.25) is 0 Å². The minimum Gasteiger partial charge on any atom is -0.289 e. The monoisotopic (exact) mass is 274 g/mol. The molecule has 0 amide bonds. The SMILES string of the molecule is Cc1cc(/C=C/C(=O)c2ccncc2)cc2cccnc12. The van der Waals surface area contributed by atoms with Crippen molar-refractivity contribution in [2.75, 3.05) is 0 Å². The van der Waals surface area contributed by atoms with E-state index < -0.39 is 0 Å². The van der Waals surface area contributed by atoms with E-state index in [2.05, 4.69) is 9.97 Å². The summed E-state index contributed by atoms with van der Waals surface area (Å²) in [6, 6.07) is 11.4. The van der Waals surface area contributed by atoms with Gasteiger partial charge in [0.25, 0.3) is 0 Å². The lowest BCUT2D eigenvalue weighted by Gasteiger charge is -2.03. The summed E-state index contributed by atoms with van der Waals surface area (Å²) in [6.45, 7) is 2.03. The number of allylic oxidation sites excluding steroid dienone is 1. The van der Waals surface area contributed by atoms with Gasteiger partial charge in [-0.25, -0.2) is 0 Å². The predicted molar refractivity (Wildman–Crippen MR) is 84.1 cm³/mol. The number of pyridine rings is 2. The molecule has 0 bridgehead atoms. The van der Waals surface area contributed by atoms with Crippen molar-refractivity contribution in [2.45, 2.75) is 6.92 Å². The molecule has 1 aromatic carbocycles. The van der Waals surface area contributed by atoms with Gasteiger partial charge >= 0.3 is 0 Å². The molecule has 0 saturated carbocycles. The van der Waals surface area contributed by atoms with Crippen LogP contribution in [-0.4, -0.2) is 15.8 Å². The summed E-state index contributed by atoms with van der Waals surface area (Å²) >= 11 is 0. The summed E-state index contributed by atoms with van der Waals surface area (Å²) in [4.78, 5) is 20.3. The normalized spacial score (nSPS) is 11.1. The minimum atomic E-state index is -0.0265. The number of carbonyl (C=O) groups excluding carboxylic acids is 1. The van der Waals surface area contributed by atoms with E-state index in [1.807, 2.05) is 37.3 Å². The number of hydrogen-bond donors (Lipinski definition) is 0. The lowest BCUT2D eigenvalue weighted by Crippen LogP contribution is -1.93. The zero-order valence-electron chi connectivity index (χ0n) is 11.7. The highest BCUT2D eigenvalue weighted by atomic mass is 16.1. The van der Waals surface area contributed by atoms with Crippen molar-refractivity contribution in [3.05, 3.63) is 77.8 Å². The first-order valence-electron chi connectivity index (χ1n) is 6.72. The molecule has 3 rings (SSSR count). The van der Waals surface area contributed by atoms with Crippen molar-refractivity contribution in [2.24, 2.45) is 0 Å². The third kappa shape index (κ3) is 2.87. The van der Waals surface area contributed by atoms with E-state index in [0.29, 0.717) is 5.56 Å². The van der Waals surface area contributed by atoms with Gasteiger partial charge in [-0.1, -0.05) is 12.1 Å². The molecule has 2 heterocycles. The van der Waals surface area contributed by atoms with Crippen LogP contribution in [0.1, 0.15) is 21.5 Å². The van der Waals surface area contributed by atoms with Gasteiger partial charge in [-0.15, -0.1) is 0 Å². The number of aromatic nitrogens is 2. The second-order valence-electron chi connectivity index (χ2n) is 4.85. The number of carbonyl (C=O) groups is 1. The summed E-state index contributed by atoms with van der Waals surface area (Å²) in [7, 11) is 0. The van der Waals surface area contributed by atoms with Crippen LogP contribution in [0.4, 0.5) is 0 Å².